The normalized spacial score (nSPS) is 12.6. The van der Waals surface area contributed by atoms with Crippen LogP contribution in [-0.4, -0.2) is 37.2 Å². The van der Waals surface area contributed by atoms with Crippen LogP contribution in [0.4, 0.5) is 0 Å². The average molecular weight is 1020 g/mol. The van der Waals surface area contributed by atoms with Crippen LogP contribution < -0.4 is 0 Å². The second-order valence-electron chi connectivity index (χ2n) is 20.6. The molecular formula is C67H116O6. The first kappa shape index (κ1) is 69.6. The monoisotopic (exact) mass is 1020 g/mol. The number of unbranched alkanes of at least 4 members (excludes halogenated alkanes) is 31. The number of rotatable bonds is 56. The van der Waals surface area contributed by atoms with Crippen LogP contribution >= 0.6 is 0 Å². The van der Waals surface area contributed by atoms with Crippen LogP contribution in [0, 0.1) is 0 Å². The van der Waals surface area contributed by atoms with Crippen LogP contribution in [-0.2, 0) is 28.6 Å². The van der Waals surface area contributed by atoms with Crippen molar-refractivity contribution in [3.63, 3.8) is 0 Å². The van der Waals surface area contributed by atoms with E-state index in [1.54, 1.807) is 0 Å². The lowest BCUT2D eigenvalue weighted by molar-refractivity contribution is -0.167. The predicted octanol–water partition coefficient (Wildman–Crippen LogP) is 21.1. The zero-order valence-corrected chi connectivity index (χ0v) is 48.1. The third-order valence-corrected chi connectivity index (χ3v) is 13.3. The summed E-state index contributed by atoms with van der Waals surface area (Å²) < 4.78 is 16.9. The fourth-order valence-corrected chi connectivity index (χ4v) is 8.63. The number of ether oxygens (including phenoxy) is 3. The molecule has 1 atom stereocenters. The summed E-state index contributed by atoms with van der Waals surface area (Å²) in [5.41, 5.74) is 0. The van der Waals surface area contributed by atoms with Gasteiger partial charge in [0, 0.05) is 19.3 Å². The Labute approximate surface area is 452 Å². The molecule has 6 heteroatoms. The summed E-state index contributed by atoms with van der Waals surface area (Å²) in [5.74, 6) is -0.922. The van der Waals surface area contributed by atoms with Gasteiger partial charge >= 0.3 is 17.9 Å². The minimum Gasteiger partial charge on any atom is -0.462 e. The van der Waals surface area contributed by atoms with Crippen LogP contribution in [0.3, 0.4) is 0 Å². The molecule has 0 unspecified atom stereocenters. The third-order valence-electron chi connectivity index (χ3n) is 13.3. The van der Waals surface area contributed by atoms with Crippen molar-refractivity contribution in [2.75, 3.05) is 13.2 Å². The molecule has 0 radical (unpaired) electrons. The van der Waals surface area contributed by atoms with Gasteiger partial charge in [0.25, 0.3) is 0 Å². The minimum atomic E-state index is -0.796. The number of allylic oxidation sites excluding steroid dienone is 14. The summed E-state index contributed by atoms with van der Waals surface area (Å²) in [6.07, 6.45) is 80.0. The Kier molecular flexibility index (Phi) is 58.3. The molecule has 0 N–H and O–H groups in total. The van der Waals surface area contributed by atoms with Crippen molar-refractivity contribution in [2.24, 2.45) is 0 Å². The van der Waals surface area contributed by atoms with Crippen molar-refractivity contribution in [1.82, 2.24) is 0 Å². The van der Waals surface area contributed by atoms with Crippen LogP contribution in [0.15, 0.2) is 85.1 Å². The zero-order chi connectivity index (χ0) is 52.9. The first-order valence-corrected chi connectivity index (χ1v) is 31.1. The Bertz CT molecular complexity index is 1400. The van der Waals surface area contributed by atoms with Crippen LogP contribution in [0.1, 0.15) is 303 Å². The van der Waals surface area contributed by atoms with Gasteiger partial charge in [0.05, 0.1) is 0 Å². The molecule has 0 heterocycles. The van der Waals surface area contributed by atoms with Gasteiger partial charge in [-0.2, -0.15) is 0 Å². The van der Waals surface area contributed by atoms with Crippen molar-refractivity contribution < 1.29 is 28.6 Å². The molecule has 0 rings (SSSR count). The Morgan fingerprint density at radius 1 is 0.274 bits per heavy atom. The topological polar surface area (TPSA) is 78.9 Å². The van der Waals surface area contributed by atoms with Gasteiger partial charge in [-0.15, -0.1) is 0 Å². The van der Waals surface area contributed by atoms with E-state index in [1.807, 2.05) is 0 Å². The largest absolute Gasteiger partial charge is 0.462 e. The molecule has 0 aliphatic rings. The number of hydrogen-bond acceptors (Lipinski definition) is 6. The standard InChI is InChI=1S/C67H116O6/c1-4-7-10-13-16-19-22-25-28-31-33-36-38-41-44-47-50-53-56-59-65(68)71-62-64(73-67(70)61-58-55-52-49-46-43-40-35-30-27-24-21-18-15-12-9-6-3)63-72-66(69)60-57-54-51-48-45-42-39-37-34-32-29-26-23-20-17-14-11-8-5-2/h16,18-19,21,25-30,33,36,41,44,64H,4-15,17,20,22-24,31-32,34-35,37-40,42-43,45-63H2,1-3H3/b19-16-,21-18-,28-25-,29-26-,30-27-,36-33-,44-41-/t64-/m1/s1. The average Bonchev–Trinajstić information content (AvgIpc) is 3.39. The van der Waals surface area contributed by atoms with Crippen molar-refractivity contribution in [3.05, 3.63) is 85.1 Å². The highest BCUT2D eigenvalue weighted by Crippen LogP contribution is 2.15. The maximum atomic E-state index is 12.9. The molecule has 420 valence electrons. The van der Waals surface area contributed by atoms with E-state index in [2.05, 4.69) is 106 Å². The van der Waals surface area contributed by atoms with Gasteiger partial charge in [-0.25, -0.2) is 0 Å². The van der Waals surface area contributed by atoms with E-state index >= 15 is 0 Å². The van der Waals surface area contributed by atoms with E-state index < -0.39 is 6.10 Å². The Hall–Kier alpha value is -3.41. The minimum absolute atomic E-state index is 0.0905. The maximum Gasteiger partial charge on any atom is 0.306 e. The highest BCUT2D eigenvalue weighted by atomic mass is 16.6. The lowest BCUT2D eigenvalue weighted by Crippen LogP contribution is -2.30. The lowest BCUT2D eigenvalue weighted by Gasteiger charge is -2.18. The quantitative estimate of drug-likeness (QED) is 0.0261. The first-order valence-electron chi connectivity index (χ1n) is 31.1. The Morgan fingerprint density at radius 2 is 0.493 bits per heavy atom. The van der Waals surface area contributed by atoms with Crippen LogP contribution in [0.2, 0.25) is 0 Å². The maximum absolute atomic E-state index is 12.9. The SMILES string of the molecule is CCCCC/C=C\C/C=C\C/C=C\C/C=C\CCCCCC(=O)OC[C@H](COC(=O)CCCCCCCCCCC/C=C\CCCCCCCC)OC(=O)CCCCCCCCC/C=C\C/C=C\CCCCC. The Balaban J connectivity index is 4.44. The predicted molar refractivity (Wildman–Crippen MR) is 316 cm³/mol. The summed E-state index contributed by atoms with van der Waals surface area (Å²) in [6, 6.07) is 0. The van der Waals surface area contributed by atoms with Crippen LogP contribution in [0.25, 0.3) is 0 Å². The molecule has 0 bridgehead atoms. The number of carbonyl (C=O) groups is 3. The molecular weight excluding hydrogens is 901 g/mol. The lowest BCUT2D eigenvalue weighted by atomic mass is 10.1. The van der Waals surface area contributed by atoms with E-state index in [4.69, 9.17) is 14.2 Å². The van der Waals surface area contributed by atoms with E-state index in [0.29, 0.717) is 19.3 Å². The third kappa shape index (κ3) is 59.3. The molecule has 0 amide bonds. The van der Waals surface area contributed by atoms with E-state index in [1.165, 1.54) is 167 Å². The second-order valence-corrected chi connectivity index (χ2v) is 20.6. The van der Waals surface area contributed by atoms with Crippen LogP contribution in [0.5, 0.6) is 0 Å². The molecule has 0 saturated carbocycles. The van der Waals surface area contributed by atoms with Gasteiger partial charge in [0.1, 0.15) is 13.2 Å². The van der Waals surface area contributed by atoms with Gasteiger partial charge in [-0.1, -0.05) is 247 Å². The van der Waals surface area contributed by atoms with Gasteiger partial charge in [-0.3, -0.25) is 14.4 Å². The zero-order valence-electron chi connectivity index (χ0n) is 48.1. The van der Waals surface area contributed by atoms with Crippen molar-refractivity contribution in [3.8, 4) is 0 Å². The molecule has 0 saturated heterocycles. The van der Waals surface area contributed by atoms with E-state index in [9.17, 15) is 14.4 Å². The molecule has 0 aromatic carbocycles. The molecule has 0 aromatic rings. The summed E-state index contributed by atoms with van der Waals surface area (Å²) in [5, 5.41) is 0. The van der Waals surface area contributed by atoms with Gasteiger partial charge in [0.2, 0.25) is 0 Å². The van der Waals surface area contributed by atoms with Gasteiger partial charge < -0.3 is 14.2 Å². The smallest absolute Gasteiger partial charge is 0.306 e. The molecule has 0 spiro atoms. The highest BCUT2D eigenvalue weighted by molar-refractivity contribution is 5.71. The fourth-order valence-electron chi connectivity index (χ4n) is 8.63. The van der Waals surface area contributed by atoms with Crippen molar-refractivity contribution >= 4 is 17.9 Å². The second kappa shape index (κ2) is 61.1. The molecule has 6 nitrogen and oxygen atoms in total. The number of esters is 3. The first-order chi connectivity index (χ1) is 36.0. The fraction of sp³-hybridized carbons (Fsp3) is 0.746. The molecule has 0 aromatic heterocycles. The van der Waals surface area contributed by atoms with E-state index in [0.717, 1.165) is 96.3 Å². The highest BCUT2D eigenvalue weighted by Gasteiger charge is 2.19. The summed E-state index contributed by atoms with van der Waals surface area (Å²) >= 11 is 0. The Morgan fingerprint density at radius 3 is 0.822 bits per heavy atom. The molecule has 0 aliphatic carbocycles. The van der Waals surface area contributed by atoms with Crippen molar-refractivity contribution in [2.45, 2.75) is 309 Å². The number of carbonyl (C=O) groups excluding carboxylic acids is 3. The van der Waals surface area contributed by atoms with E-state index in [-0.39, 0.29) is 31.1 Å². The summed E-state index contributed by atoms with van der Waals surface area (Å²) in [4.78, 5) is 38.3. The molecule has 0 fully saturated rings. The molecule has 0 aliphatic heterocycles. The molecule has 73 heavy (non-hydrogen) atoms. The van der Waals surface area contributed by atoms with Crippen molar-refractivity contribution in [1.29, 1.82) is 0 Å². The summed E-state index contributed by atoms with van der Waals surface area (Å²) in [6.45, 7) is 6.57. The summed E-state index contributed by atoms with van der Waals surface area (Å²) in [7, 11) is 0. The van der Waals surface area contributed by atoms with Gasteiger partial charge in [-0.05, 0) is 122 Å². The number of hydrogen-bond donors (Lipinski definition) is 0. The van der Waals surface area contributed by atoms with Gasteiger partial charge in [0.15, 0.2) is 6.10 Å².